The first kappa shape index (κ1) is 17.8. The molecule has 2 nitrogen and oxygen atoms in total. The van der Waals surface area contributed by atoms with Gasteiger partial charge in [0.05, 0.1) is 0 Å². The number of hydrogen-bond donors (Lipinski definition) is 0. The first-order chi connectivity index (χ1) is 12.6. The third-order valence-corrected chi connectivity index (χ3v) is 4.35. The summed E-state index contributed by atoms with van der Waals surface area (Å²) in [5.41, 5.74) is 4.64. The van der Waals surface area contributed by atoms with E-state index in [-0.39, 0.29) is 0 Å². The molecule has 132 valence electrons. The lowest BCUT2D eigenvalue weighted by Crippen LogP contribution is -2.20. The average molecular weight is 343 g/mol. The van der Waals surface area contributed by atoms with Gasteiger partial charge in [0.25, 0.3) is 0 Å². The normalized spacial score (nSPS) is 11.5. The minimum Gasteiger partial charge on any atom is -0.456 e. The Bertz CT molecular complexity index is 1020. The number of fused-ring (bicyclic) bond motifs is 2. The molecule has 3 aromatic rings. The molecule has 0 radical (unpaired) electrons. The summed E-state index contributed by atoms with van der Waals surface area (Å²) in [6.07, 6.45) is 0. The fraction of sp³-hybridized carbons (Fsp3) is 0.167. The molecule has 0 N–H and O–H groups in total. The fourth-order valence-electron chi connectivity index (χ4n) is 3.12. The summed E-state index contributed by atoms with van der Waals surface area (Å²) in [7, 11) is 4.07. The summed E-state index contributed by atoms with van der Waals surface area (Å²) in [5.74, 6) is 1.75. The van der Waals surface area contributed by atoms with Crippen LogP contribution in [0.5, 0.6) is 11.5 Å². The van der Waals surface area contributed by atoms with Crippen LogP contribution in [0.15, 0.2) is 66.7 Å². The monoisotopic (exact) mass is 343 g/mol. The summed E-state index contributed by atoms with van der Waals surface area (Å²) in [4.78, 5) is 2.08. The van der Waals surface area contributed by atoms with Crippen molar-refractivity contribution in [1.29, 1.82) is 0 Å². The van der Waals surface area contributed by atoms with Gasteiger partial charge in [-0.15, -0.1) is 0 Å². The van der Waals surface area contributed by atoms with Gasteiger partial charge in [-0.05, 0) is 29.0 Å². The van der Waals surface area contributed by atoms with Crippen LogP contribution in [0.2, 0.25) is 0 Å². The Labute approximate surface area is 155 Å². The van der Waals surface area contributed by atoms with Crippen LogP contribution in [-0.2, 0) is 0 Å². The van der Waals surface area contributed by atoms with E-state index in [1.807, 2.05) is 46.1 Å². The van der Waals surface area contributed by atoms with E-state index in [4.69, 9.17) is 4.74 Å². The van der Waals surface area contributed by atoms with Crippen molar-refractivity contribution in [1.82, 2.24) is 0 Å². The molecule has 1 aliphatic rings. The molecule has 0 spiro atoms. The van der Waals surface area contributed by atoms with Crippen LogP contribution >= 0.6 is 0 Å². The topological polar surface area (TPSA) is 12.5 Å². The second-order valence-corrected chi connectivity index (χ2v) is 6.25. The molecule has 0 amide bonds. The van der Waals surface area contributed by atoms with Crippen LogP contribution in [0.4, 0.5) is 5.69 Å². The van der Waals surface area contributed by atoms with Crippen LogP contribution in [0, 0.1) is 0 Å². The lowest BCUT2D eigenvalue weighted by molar-refractivity contribution is 0.472. The molecule has 0 aliphatic carbocycles. The Balaban J connectivity index is 0.000000948. The highest BCUT2D eigenvalue weighted by Crippen LogP contribution is 2.37. The molecular weight excluding hydrogens is 318 g/mol. The molecule has 0 bridgehead atoms. The number of nitrogens with zero attached hydrogens (tertiary/aromatic N) is 1. The average Bonchev–Trinajstić information content (AvgIpc) is 2.67. The Morgan fingerprint density at radius 2 is 1.54 bits per heavy atom. The van der Waals surface area contributed by atoms with Crippen molar-refractivity contribution in [3.8, 4) is 11.5 Å². The van der Waals surface area contributed by atoms with E-state index in [9.17, 15) is 0 Å². The highest BCUT2D eigenvalue weighted by molar-refractivity contribution is 5.86. The zero-order chi connectivity index (χ0) is 18.7. The summed E-state index contributed by atoms with van der Waals surface area (Å²) in [5, 5.41) is 2.06. The summed E-state index contributed by atoms with van der Waals surface area (Å²) < 4.78 is 6.21. The molecule has 0 atom stereocenters. The SMILES string of the molecule is C=c1ccc2c(c1)Oc1cc(N(C)C)ccc1C=2c1ccccc1.CC. The first-order valence-electron chi connectivity index (χ1n) is 9.02. The second-order valence-electron chi connectivity index (χ2n) is 6.25. The van der Waals surface area contributed by atoms with Gasteiger partial charge in [-0.25, -0.2) is 0 Å². The zero-order valence-electron chi connectivity index (χ0n) is 15.9. The van der Waals surface area contributed by atoms with Gasteiger partial charge < -0.3 is 9.64 Å². The summed E-state index contributed by atoms with van der Waals surface area (Å²) >= 11 is 0. The van der Waals surface area contributed by atoms with Gasteiger partial charge in [-0.1, -0.05) is 62.9 Å². The zero-order valence-corrected chi connectivity index (χ0v) is 15.9. The largest absolute Gasteiger partial charge is 0.456 e. The van der Waals surface area contributed by atoms with Gasteiger partial charge in [0, 0.05) is 42.2 Å². The second kappa shape index (κ2) is 7.49. The van der Waals surface area contributed by atoms with E-state index in [0.717, 1.165) is 33.2 Å². The molecule has 0 aromatic heterocycles. The number of benzene rings is 3. The van der Waals surface area contributed by atoms with Crippen LogP contribution in [0.3, 0.4) is 0 Å². The predicted octanol–water partition coefficient (Wildman–Crippen LogP) is 4.54. The molecular formula is C24H25NO. The molecule has 2 heteroatoms. The smallest absolute Gasteiger partial charge is 0.137 e. The number of anilines is 1. The lowest BCUT2D eigenvalue weighted by Gasteiger charge is -2.23. The highest BCUT2D eigenvalue weighted by atomic mass is 16.5. The van der Waals surface area contributed by atoms with Gasteiger partial charge in [-0.3, -0.25) is 0 Å². The van der Waals surface area contributed by atoms with E-state index in [2.05, 4.69) is 60.0 Å². The lowest BCUT2D eigenvalue weighted by atomic mass is 9.92. The number of ether oxygens (including phenoxy) is 1. The van der Waals surface area contributed by atoms with E-state index < -0.39 is 0 Å². The summed E-state index contributed by atoms with van der Waals surface area (Å²) in [6.45, 7) is 8.03. The number of hydrogen-bond acceptors (Lipinski definition) is 2. The molecule has 0 unspecified atom stereocenters. The maximum Gasteiger partial charge on any atom is 0.137 e. The van der Waals surface area contributed by atoms with Crippen LogP contribution in [0.1, 0.15) is 25.0 Å². The van der Waals surface area contributed by atoms with Crippen molar-refractivity contribution in [3.63, 3.8) is 0 Å². The fourth-order valence-corrected chi connectivity index (χ4v) is 3.12. The Morgan fingerprint density at radius 3 is 2.23 bits per heavy atom. The van der Waals surface area contributed by atoms with Crippen LogP contribution in [-0.4, -0.2) is 14.1 Å². The molecule has 4 rings (SSSR count). The van der Waals surface area contributed by atoms with Crippen molar-refractivity contribution in [3.05, 3.63) is 88.3 Å². The van der Waals surface area contributed by atoms with E-state index in [1.54, 1.807) is 0 Å². The molecule has 0 saturated carbocycles. The molecule has 26 heavy (non-hydrogen) atoms. The maximum atomic E-state index is 6.21. The van der Waals surface area contributed by atoms with Crippen LogP contribution < -0.4 is 20.1 Å². The molecule has 1 heterocycles. The van der Waals surface area contributed by atoms with Crippen molar-refractivity contribution < 1.29 is 4.74 Å². The molecule has 0 fully saturated rings. The first-order valence-corrected chi connectivity index (χ1v) is 9.02. The third kappa shape index (κ3) is 3.23. The van der Waals surface area contributed by atoms with Gasteiger partial charge in [-0.2, -0.15) is 0 Å². The van der Waals surface area contributed by atoms with E-state index in [0.29, 0.717) is 0 Å². The predicted molar refractivity (Wildman–Crippen MR) is 111 cm³/mol. The molecule has 0 saturated heterocycles. The standard InChI is InChI=1S/C22H19NO.C2H6/c1-15-9-11-18-20(13-15)24-21-14-17(23(2)3)10-12-19(21)22(18)16-7-5-4-6-8-16;1-2/h4-14H,1H2,2-3H3;1-2H3. The van der Waals surface area contributed by atoms with Gasteiger partial charge >= 0.3 is 0 Å². The van der Waals surface area contributed by atoms with Gasteiger partial charge in [0.1, 0.15) is 11.5 Å². The Hall–Kier alpha value is -3.00. The minimum absolute atomic E-state index is 0.866. The quantitative estimate of drug-likeness (QED) is 0.530. The number of rotatable bonds is 2. The molecule has 3 aromatic carbocycles. The third-order valence-electron chi connectivity index (χ3n) is 4.35. The van der Waals surface area contributed by atoms with Crippen molar-refractivity contribution >= 4 is 17.8 Å². The van der Waals surface area contributed by atoms with Gasteiger partial charge in [0.2, 0.25) is 0 Å². The minimum atomic E-state index is 0.866. The Morgan fingerprint density at radius 1 is 0.808 bits per heavy atom. The highest BCUT2D eigenvalue weighted by Gasteiger charge is 2.20. The summed E-state index contributed by atoms with van der Waals surface area (Å²) in [6, 6.07) is 23.0. The van der Waals surface area contributed by atoms with Gasteiger partial charge in [0.15, 0.2) is 0 Å². The maximum absolute atomic E-state index is 6.21. The van der Waals surface area contributed by atoms with E-state index in [1.165, 1.54) is 11.1 Å². The van der Waals surface area contributed by atoms with E-state index >= 15 is 0 Å². The molecule has 1 aliphatic heterocycles. The van der Waals surface area contributed by atoms with Crippen molar-refractivity contribution in [2.24, 2.45) is 0 Å². The Kier molecular flexibility index (Phi) is 5.13. The van der Waals surface area contributed by atoms with Crippen LogP contribution in [0.25, 0.3) is 12.2 Å². The van der Waals surface area contributed by atoms with Crippen molar-refractivity contribution in [2.75, 3.05) is 19.0 Å². The van der Waals surface area contributed by atoms with Crippen molar-refractivity contribution in [2.45, 2.75) is 13.8 Å².